The zero-order chi connectivity index (χ0) is 10.6. The van der Waals surface area contributed by atoms with E-state index in [-0.39, 0.29) is 48.9 Å². The van der Waals surface area contributed by atoms with Crippen LogP contribution in [0.15, 0.2) is 0 Å². The monoisotopic (exact) mass is 338 g/mol. The maximum atomic E-state index is 10.2. The van der Waals surface area contributed by atoms with Crippen molar-refractivity contribution >= 4 is 54.9 Å². The van der Waals surface area contributed by atoms with E-state index in [1.54, 1.807) is 0 Å². The minimum Gasteiger partial charge on any atom is -0.481 e. The predicted octanol–water partition coefficient (Wildman–Crippen LogP) is 3.61. The summed E-state index contributed by atoms with van der Waals surface area (Å²) in [5.74, 6) is -0.659. The van der Waals surface area contributed by atoms with Crippen LogP contribution >= 0.6 is 0 Å². The van der Waals surface area contributed by atoms with Crippen LogP contribution in [0, 0.1) is 0 Å². The van der Waals surface area contributed by atoms with Crippen LogP contribution in [0.2, 0.25) is 0 Å². The molecular formula is C12H24BaO2. The summed E-state index contributed by atoms with van der Waals surface area (Å²) in [5.41, 5.74) is 0. The van der Waals surface area contributed by atoms with Crippen LogP contribution in [0.1, 0.15) is 71.1 Å². The molecule has 0 atom stereocenters. The molecule has 2 nitrogen and oxygen atoms in total. The standard InChI is InChI=1S/C12H24O2.Ba/c1-2-3-4-5-6-7-8-9-10-11-12(13)14;/h2-11H2,1H3,(H,13,14);. The molecule has 0 fully saturated rings. The minimum atomic E-state index is -0.659. The fourth-order valence-corrected chi connectivity index (χ4v) is 1.59. The van der Waals surface area contributed by atoms with Crippen LogP contribution in [0.25, 0.3) is 0 Å². The minimum absolute atomic E-state index is 0. The van der Waals surface area contributed by atoms with E-state index in [0.29, 0.717) is 6.42 Å². The first-order valence-electron chi connectivity index (χ1n) is 5.99. The maximum absolute atomic E-state index is 10.2. The van der Waals surface area contributed by atoms with Crippen LogP contribution in [0.4, 0.5) is 0 Å². The van der Waals surface area contributed by atoms with Gasteiger partial charge in [0.2, 0.25) is 0 Å². The molecule has 2 radical (unpaired) electrons. The third-order valence-corrected chi connectivity index (χ3v) is 2.49. The molecule has 0 amide bonds. The fraction of sp³-hybridized carbons (Fsp3) is 0.917. The van der Waals surface area contributed by atoms with Gasteiger partial charge in [0, 0.05) is 55.3 Å². The van der Waals surface area contributed by atoms with Crippen LogP contribution in [0.3, 0.4) is 0 Å². The average Bonchev–Trinajstić information content (AvgIpc) is 2.15. The first-order chi connectivity index (χ1) is 6.77. The molecule has 3 heteroatoms. The zero-order valence-electron chi connectivity index (χ0n) is 10.1. The molecular weight excluding hydrogens is 313 g/mol. The molecule has 0 rings (SSSR count). The van der Waals surface area contributed by atoms with Gasteiger partial charge >= 0.3 is 5.97 Å². The zero-order valence-corrected chi connectivity index (χ0v) is 14.6. The Labute approximate surface area is 134 Å². The van der Waals surface area contributed by atoms with Crippen molar-refractivity contribution in [2.45, 2.75) is 71.1 Å². The summed E-state index contributed by atoms with van der Waals surface area (Å²) in [6.07, 6.45) is 11.5. The molecule has 1 N–H and O–H groups in total. The normalized spacial score (nSPS) is 9.67. The SMILES string of the molecule is CCCCCCCCCCCC(=O)O.[Ba]. The Morgan fingerprint density at radius 2 is 1.27 bits per heavy atom. The van der Waals surface area contributed by atoms with E-state index in [1.807, 2.05) is 0 Å². The first-order valence-corrected chi connectivity index (χ1v) is 5.99. The van der Waals surface area contributed by atoms with E-state index in [9.17, 15) is 4.79 Å². The summed E-state index contributed by atoms with van der Waals surface area (Å²) in [4.78, 5) is 10.2. The van der Waals surface area contributed by atoms with Crippen molar-refractivity contribution in [2.75, 3.05) is 0 Å². The van der Waals surface area contributed by atoms with Gasteiger partial charge in [-0.1, -0.05) is 58.3 Å². The van der Waals surface area contributed by atoms with Crippen molar-refractivity contribution in [3.05, 3.63) is 0 Å². The number of carboxylic acid groups (broad SMARTS) is 1. The second-order valence-corrected chi connectivity index (χ2v) is 3.97. The van der Waals surface area contributed by atoms with Gasteiger partial charge in [-0.05, 0) is 6.42 Å². The smallest absolute Gasteiger partial charge is 0.303 e. The van der Waals surface area contributed by atoms with Crippen LogP contribution < -0.4 is 0 Å². The van der Waals surface area contributed by atoms with E-state index in [4.69, 9.17) is 5.11 Å². The summed E-state index contributed by atoms with van der Waals surface area (Å²) in [7, 11) is 0. The average molecular weight is 338 g/mol. The Morgan fingerprint density at radius 1 is 0.867 bits per heavy atom. The van der Waals surface area contributed by atoms with Crippen molar-refractivity contribution in [2.24, 2.45) is 0 Å². The molecule has 0 aromatic heterocycles. The Bertz CT molecular complexity index is 138. The van der Waals surface area contributed by atoms with E-state index in [2.05, 4.69) is 6.92 Å². The summed E-state index contributed by atoms with van der Waals surface area (Å²) < 4.78 is 0. The summed E-state index contributed by atoms with van der Waals surface area (Å²) in [5, 5.41) is 8.41. The summed E-state index contributed by atoms with van der Waals surface area (Å²) >= 11 is 0. The number of rotatable bonds is 10. The van der Waals surface area contributed by atoms with Crippen LogP contribution in [-0.4, -0.2) is 60.0 Å². The third-order valence-electron chi connectivity index (χ3n) is 2.49. The molecule has 0 aromatic rings. The molecule has 0 heterocycles. The first kappa shape index (κ1) is 18.4. The van der Waals surface area contributed by atoms with Gasteiger partial charge < -0.3 is 5.11 Å². The molecule has 0 unspecified atom stereocenters. The van der Waals surface area contributed by atoms with E-state index >= 15 is 0 Å². The van der Waals surface area contributed by atoms with Gasteiger partial charge in [0.15, 0.2) is 0 Å². The molecule has 0 aliphatic carbocycles. The van der Waals surface area contributed by atoms with Crippen LogP contribution in [-0.2, 0) is 4.79 Å². The van der Waals surface area contributed by atoms with Crippen molar-refractivity contribution in [1.82, 2.24) is 0 Å². The van der Waals surface area contributed by atoms with Crippen molar-refractivity contribution in [3.63, 3.8) is 0 Å². The molecule has 86 valence electrons. The van der Waals surface area contributed by atoms with E-state index < -0.39 is 5.97 Å². The van der Waals surface area contributed by atoms with Gasteiger partial charge in [0.1, 0.15) is 0 Å². The second-order valence-electron chi connectivity index (χ2n) is 3.97. The fourth-order valence-electron chi connectivity index (χ4n) is 1.59. The predicted molar refractivity (Wildman–Crippen MR) is 65.2 cm³/mol. The molecule has 0 aliphatic heterocycles. The number of aliphatic carboxylic acids is 1. The van der Waals surface area contributed by atoms with Gasteiger partial charge in [-0.2, -0.15) is 0 Å². The van der Waals surface area contributed by atoms with Gasteiger partial charge in [-0.3, -0.25) is 4.79 Å². The topological polar surface area (TPSA) is 37.3 Å². The molecule has 0 spiro atoms. The largest absolute Gasteiger partial charge is 0.481 e. The quantitative estimate of drug-likeness (QED) is 0.488. The van der Waals surface area contributed by atoms with Gasteiger partial charge in [0.05, 0.1) is 0 Å². The Balaban J connectivity index is 0. The van der Waals surface area contributed by atoms with E-state index in [1.165, 1.54) is 44.9 Å². The number of carboxylic acids is 1. The van der Waals surface area contributed by atoms with Crippen molar-refractivity contribution in [1.29, 1.82) is 0 Å². The van der Waals surface area contributed by atoms with E-state index in [0.717, 1.165) is 12.8 Å². The van der Waals surface area contributed by atoms with Gasteiger partial charge in [-0.15, -0.1) is 0 Å². The second kappa shape index (κ2) is 15.0. The molecule has 0 aromatic carbocycles. The number of carbonyl (C=O) groups is 1. The molecule has 0 aliphatic rings. The molecule has 0 saturated carbocycles. The Hall–Kier alpha value is 1.04. The van der Waals surface area contributed by atoms with Crippen molar-refractivity contribution < 1.29 is 9.90 Å². The van der Waals surface area contributed by atoms with Gasteiger partial charge in [-0.25, -0.2) is 0 Å². The van der Waals surface area contributed by atoms with Crippen LogP contribution in [0.5, 0.6) is 0 Å². The summed E-state index contributed by atoms with van der Waals surface area (Å²) in [6.45, 7) is 2.23. The number of hydrogen-bond donors (Lipinski definition) is 1. The molecule has 0 bridgehead atoms. The van der Waals surface area contributed by atoms with Gasteiger partial charge in [0.25, 0.3) is 0 Å². The molecule has 15 heavy (non-hydrogen) atoms. The molecule has 0 saturated heterocycles. The Morgan fingerprint density at radius 3 is 1.67 bits per heavy atom. The number of unbranched alkanes of at least 4 members (excludes halogenated alkanes) is 8. The number of hydrogen-bond acceptors (Lipinski definition) is 1. The Kier molecular flexibility index (Phi) is 18.5. The van der Waals surface area contributed by atoms with Crippen molar-refractivity contribution in [3.8, 4) is 0 Å². The summed E-state index contributed by atoms with van der Waals surface area (Å²) in [6, 6.07) is 0. The third kappa shape index (κ3) is 17.6. The maximum Gasteiger partial charge on any atom is 0.303 e.